The van der Waals surface area contributed by atoms with Crippen molar-refractivity contribution in [1.82, 2.24) is 0 Å². The smallest absolute Gasteiger partial charge is 0.339 e. The number of carbonyl (C=O) groups is 3. The van der Waals surface area contributed by atoms with Crippen LogP contribution in [0.4, 0.5) is 0 Å². The van der Waals surface area contributed by atoms with Gasteiger partial charge in [0.1, 0.15) is 11.3 Å². The fourth-order valence-electron chi connectivity index (χ4n) is 4.41. The van der Waals surface area contributed by atoms with E-state index in [2.05, 4.69) is 13.5 Å². The first kappa shape index (κ1) is 25.4. The third kappa shape index (κ3) is 6.09. The van der Waals surface area contributed by atoms with Crippen molar-refractivity contribution in [3.8, 4) is 11.5 Å². The van der Waals surface area contributed by atoms with Crippen LogP contribution in [0.1, 0.15) is 94.1 Å². The minimum absolute atomic E-state index is 0.00472. The lowest BCUT2D eigenvalue weighted by Crippen LogP contribution is -2.22. The quantitative estimate of drug-likeness (QED) is 0.219. The van der Waals surface area contributed by atoms with Crippen LogP contribution in [0.15, 0.2) is 29.9 Å². The largest absolute Gasteiger partial charge is 0.478 e. The van der Waals surface area contributed by atoms with Crippen molar-refractivity contribution in [2.75, 3.05) is 0 Å². The van der Waals surface area contributed by atoms with Crippen molar-refractivity contribution in [1.29, 1.82) is 0 Å². The maximum absolute atomic E-state index is 12.4. The zero-order chi connectivity index (χ0) is 24.0. The first-order chi connectivity index (χ1) is 15.1. The Morgan fingerprint density at radius 3 is 2.31 bits per heavy atom. The first-order valence-electron chi connectivity index (χ1n) is 11.2. The van der Waals surface area contributed by atoms with Gasteiger partial charge in [-0.15, -0.1) is 0 Å². The number of hydrogen-bond donors (Lipinski definition) is 1. The number of carboxylic acids is 1. The predicted molar refractivity (Wildman–Crippen MR) is 123 cm³/mol. The zero-order valence-corrected chi connectivity index (χ0v) is 19.7. The summed E-state index contributed by atoms with van der Waals surface area (Å²) in [6.07, 6.45) is 6.90. The average molecular weight is 443 g/mol. The molecule has 1 aliphatic carbocycles. The number of benzene rings is 1. The van der Waals surface area contributed by atoms with Crippen LogP contribution in [0.2, 0.25) is 0 Å². The van der Waals surface area contributed by atoms with Gasteiger partial charge in [0.25, 0.3) is 0 Å². The summed E-state index contributed by atoms with van der Waals surface area (Å²) < 4.78 is 11.1. The topological polar surface area (TPSA) is 89.9 Å². The SMILES string of the molecule is C=C(C)[C@@H]1CCC(C)=C[C@H]1c1c(OC(C)=O)cc(CCCCC)c(C(=O)O)c1OC(C)=O. The maximum Gasteiger partial charge on any atom is 0.339 e. The first-order valence-corrected chi connectivity index (χ1v) is 11.2. The number of esters is 2. The number of aromatic carboxylic acids is 1. The zero-order valence-electron chi connectivity index (χ0n) is 19.7. The Balaban J connectivity index is 2.89. The molecular formula is C26H34O6. The van der Waals surface area contributed by atoms with Gasteiger partial charge in [-0.2, -0.15) is 0 Å². The van der Waals surface area contributed by atoms with Gasteiger partial charge in [0.05, 0.1) is 0 Å². The van der Waals surface area contributed by atoms with Crippen molar-refractivity contribution in [3.05, 3.63) is 46.6 Å². The highest BCUT2D eigenvalue weighted by Crippen LogP contribution is 2.49. The number of hydrogen-bond acceptors (Lipinski definition) is 5. The van der Waals surface area contributed by atoms with Gasteiger partial charge in [-0.1, -0.05) is 43.6 Å². The van der Waals surface area contributed by atoms with E-state index in [9.17, 15) is 19.5 Å². The molecule has 0 unspecified atom stereocenters. The molecule has 0 aliphatic heterocycles. The lowest BCUT2D eigenvalue weighted by atomic mass is 9.73. The molecule has 6 heteroatoms. The minimum Gasteiger partial charge on any atom is -0.478 e. The van der Waals surface area contributed by atoms with Gasteiger partial charge in [-0.25, -0.2) is 4.79 Å². The molecule has 174 valence electrons. The Kier molecular flexibility index (Phi) is 8.81. The molecule has 2 rings (SSSR count). The second-order valence-electron chi connectivity index (χ2n) is 8.63. The van der Waals surface area contributed by atoms with Crippen LogP contribution in [0.25, 0.3) is 0 Å². The summed E-state index contributed by atoms with van der Waals surface area (Å²) in [6.45, 7) is 12.7. The van der Waals surface area contributed by atoms with E-state index in [1.54, 1.807) is 6.07 Å². The summed E-state index contributed by atoms with van der Waals surface area (Å²) in [5, 5.41) is 10.1. The number of ether oxygens (including phenoxy) is 2. The van der Waals surface area contributed by atoms with E-state index in [0.717, 1.165) is 43.3 Å². The Morgan fingerprint density at radius 1 is 1.12 bits per heavy atom. The molecular weight excluding hydrogens is 408 g/mol. The van der Waals surface area contributed by atoms with E-state index in [0.29, 0.717) is 17.5 Å². The van der Waals surface area contributed by atoms with E-state index < -0.39 is 17.9 Å². The number of aryl methyl sites for hydroxylation is 1. The van der Waals surface area contributed by atoms with Crippen molar-refractivity contribution >= 4 is 17.9 Å². The summed E-state index contributed by atoms with van der Waals surface area (Å²) >= 11 is 0. The number of allylic oxidation sites excluding steroid dienone is 3. The summed E-state index contributed by atoms with van der Waals surface area (Å²) in [6, 6.07) is 1.64. The summed E-state index contributed by atoms with van der Waals surface area (Å²) in [7, 11) is 0. The number of carbonyl (C=O) groups excluding carboxylic acids is 2. The molecule has 32 heavy (non-hydrogen) atoms. The second-order valence-corrected chi connectivity index (χ2v) is 8.63. The van der Waals surface area contributed by atoms with Gasteiger partial charge in [0.2, 0.25) is 0 Å². The Bertz CT molecular complexity index is 940. The van der Waals surface area contributed by atoms with E-state index >= 15 is 0 Å². The molecule has 0 saturated carbocycles. The maximum atomic E-state index is 12.4. The molecule has 6 nitrogen and oxygen atoms in total. The third-order valence-electron chi connectivity index (χ3n) is 5.84. The van der Waals surface area contributed by atoms with E-state index in [1.165, 1.54) is 13.8 Å². The lowest BCUT2D eigenvalue weighted by molar-refractivity contribution is -0.132. The molecule has 0 aromatic heterocycles. The number of rotatable bonds is 9. The highest BCUT2D eigenvalue weighted by atomic mass is 16.5. The summed E-state index contributed by atoms with van der Waals surface area (Å²) in [4.78, 5) is 36.4. The Labute approximate surface area is 190 Å². The van der Waals surface area contributed by atoms with Crippen molar-refractivity contribution in [3.63, 3.8) is 0 Å². The molecule has 0 bridgehead atoms. The standard InChI is InChI=1S/C26H34O6/c1-7-8-9-10-19-14-22(31-17(5)27)24(25(32-18(6)28)23(19)26(29)30)21-13-16(4)11-12-20(21)15(2)3/h13-14,20-21H,2,7-12H2,1,3-6H3,(H,29,30)/t20-,21+/m0/s1. The normalized spacial score (nSPS) is 18.0. The van der Waals surface area contributed by atoms with Crippen LogP contribution in [-0.4, -0.2) is 23.0 Å². The van der Waals surface area contributed by atoms with Crippen LogP contribution in [-0.2, 0) is 16.0 Å². The van der Waals surface area contributed by atoms with Crippen molar-refractivity contribution in [2.45, 2.75) is 79.1 Å². The van der Waals surface area contributed by atoms with Gasteiger partial charge in [-0.05, 0) is 57.1 Å². The highest BCUT2D eigenvalue weighted by Gasteiger charge is 2.35. The number of unbranched alkanes of at least 4 members (excludes halogenated alkanes) is 2. The third-order valence-corrected chi connectivity index (χ3v) is 5.84. The Hall–Kier alpha value is -2.89. The molecule has 0 saturated heterocycles. The molecule has 2 atom stereocenters. The van der Waals surface area contributed by atoms with Gasteiger partial charge in [0, 0.05) is 25.3 Å². The van der Waals surface area contributed by atoms with E-state index in [-0.39, 0.29) is 28.9 Å². The molecule has 1 N–H and O–H groups in total. The minimum atomic E-state index is -1.17. The van der Waals surface area contributed by atoms with Crippen LogP contribution in [0.3, 0.4) is 0 Å². The second kappa shape index (κ2) is 11.1. The van der Waals surface area contributed by atoms with Crippen molar-refractivity contribution in [2.24, 2.45) is 5.92 Å². The summed E-state index contributed by atoms with van der Waals surface area (Å²) in [5.41, 5.74) is 2.94. The van der Waals surface area contributed by atoms with Crippen LogP contribution >= 0.6 is 0 Å². The predicted octanol–water partition coefficient (Wildman–Crippen LogP) is 5.98. The van der Waals surface area contributed by atoms with E-state index in [4.69, 9.17) is 9.47 Å². The average Bonchev–Trinajstić information content (AvgIpc) is 2.66. The van der Waals surface area contributed by atoms with Gasteiger partial charge < -0.3 is 14.6 Å². The fourth-order valence-corrected chi connectivity index (χ4v) is 4.41. The van der Waals surface area contributed by atoms with Crippen LogP contribution in [0.5, 0.6) is 11.5 Å². The van der Waals surface area contributed by atoms with Crippen LogP contribution in [0, 0.1) is 5.92 Å². The van der Waals surface area contributed by atoms with Gasteiger partial charge >= 0.3 is 17.9 Å². The molecule has 0 spiro atoms. The molecule has 0 fully saturated rings. The monoisotopic (exact) mass is 442 g/mol. The molecule has 0 heterocycles. The van der Waals surface area contributed by atoms with E-state index in [1.807, 2.05) is 19.9 Å². The van der Waals surface area contributed by atoms with Gasteiger partial charge in [-0.3, -0.25) is 9.59 Å². The van der Waals surface area contributed by atoms with Gasteiger partial charge in [0.15, 0.2) is 5.75 Å². The van der Waals surface area contributed by atoms with Crippen molar-refractivity contribution < 1.29 is 29.0 Å². The molecule has 0 amide bonds. The molecule has 0 radical (unpaired) electrons. The fraction of sp³-hybridized carbons (Fsp3) is 0.500. The lowest BCUT2D eigenvalue weighted by Gasteiger charge is -2.33. The molecule has 1 aromatic carbocycles. The highest BCUT2D eigenvalue weighted by molar-refractivity contribution is 5.95. The number of carboxylic acid groups (broad SMARTS) is 1. The molecule has 1 aromatic rings. The van der Waals surface area contributed by atoms with Crippen LogP contribution < -0.4 is 9.47 Å². The summed E-state index contributed by atoms with van der Waals surface area (Å²) in [5.74, 6) is -2.44. The molecule has 1 aliphatic rings. The Morgan fingerprint density at radius 2 is 1.78 bits per heavy atom.